The number of carbonyl (C=O) groups is 3. The maximum absolute atomic E-state index is 12.9. The van der Waals surface area contributed by atoms with E-state index in [2.05, 4.69) is 16.2 Å². The summed E-state index contributed by atoms with van der Waals surface area (Å²) >= 11 is 0. The molecular formula is C20H20FN3O4. The highest BCUT2D eigenvalue weighted by molar-refractivity contribution is 6.01. The van der Waals surface area contributed by atoms with Crippen molar-refractivity contribution in [3.63, 3.8) is 0 Å². The monoisotopic (exact) mass is 385 g/mol. The number of hydrazine groups is 1. The predicted octanol–water partition coefficient (Wildman–Crippen LogP) is 1.92. The summed E-state index contributed by atoms with van der Waals surface area (Å²) in [6.07, 6.45) is 0.523. The molecule has 0 aromatic heterocycles. The number of carbonyl (C=O) groups excluding carboxylic acids is 3. The number of ether oxygens (including phenoxy) is 1. The minimum absolute atomic E-state index is 0.0360. The summed E-state index contributed by atoms with van der Waals surface area (Å²) in [5.41, 5.74) is 5.11. The Bertz CT molecular complexity index is 867. The summed E-state index contributed by atoms with van der Waals surface area (Å²) < 4.78 is 18.3. The third kappa shape index (κ3) is 6.56. The highest BCUT2D eigenvalue weighted by atomic mass is 19.1. The van der Waals surface area contributed by atoms with E-state index >= 15 is 0 Å². The summed E-state index contributed by atoms with van der Waals surface area (Å²) in [5, 5.41) is 2.42. The molecule has 7 nitrogen and oxygen atoms in total. The van der Waals surface area contributed by atoms with Gasteiger partial charge < -0.3 is 10.1 Å². The molecule has 146 valence electrons. The van der Waals surface area contributed by atoms with E-state index < -0.39 is 29.6 Å². The van der Waals surface area contributed by atoms with Gasteiger partial charge in [-0.2, -0.15) is 0 Å². The molecule has 2 aromatic rings. The molecule has 8 heteroatoms. The summed E-state index contributed by atoms with van der Waals surface area (Å²) in [5.74, 6) is -1.89. The van der Waals surface area contributed by atoms with Crippen LogP contribution >= 0.6 is 0 Å². The molecule has 1 atom stereocenters. The Morgan fingerprint density at radius 2 is 1.64 bits per heavy atom. The zero-order valence-electron chi connectivity index (χ0n) is 15.4. The lowest BCUT2D eigenvalue weighted by atomic mass is 10.2. The molecule has 3 N–H and O–H groups in total. The lowest BCUT2D eigenvalue weighted by Crippen LogP contribution is -2.49. The Labute approximate surface area is 161 Å². The zero-order valence-corrected chi connectivity index (χ0v) is 15.4. The molecule has 0 aliphatic carbocycles. The van der Waals surface area contributed by atoms with Gasteiger partial charge in [0.25, 0.3) is 11.8 Å². The molecule has 0 fully saturated rings. The average molecular weight is 385 g/mol. The van der Waals surface area contributed by atoms with E-state index in [1.54, 1.807) is 24.3 Å². The van der Waals surface area contributed by atoms with Gasteiger partial charge >= 0.3 is 0 Å². The standard InChI is InChI=1S/C20H20FN3O4/c1-13(28-17-10-8-16(21)9-11-17)19(26)23-24-20(27)18(22-14(2)25)12-15-6-4-3-5-7-15/h3-13H,1-2H3,(H,22,25)(H,23,26)(H,24,27)/b18-12-/t13-/m0/s1. The highest BCUT2D eigenvalue weighted by Gasteiger charge is 2.17. The summed E-state index contributed by atoms with van der Waals surface area (Å²) in [7, 11) is 0. The second-order valence-electron chi connectivity index (χ2n) is 5.81. The Morgan fingerprint density at radius 1 is 1.00 bits per heavy atom. The van der Waals surface area contributed by atoms with Crippen LogP contribution in [0.25, 0.3) is 6.08 Å². The third-order valence-corrected chi connectivity index (χ3v) is 3.46. The van der Waals surface area contributed by atoms with E-state index in [0.717, 1.165) is 0 Å². The molecule has 0 aliphatic heterocycles. The van der Waals surface area contributed by atoms with E-state index in [1.807, 2.05) is 6.07 Å². The smallest absolute Gasteiger partial charge is 0.286 e. The number of hydrogen-bond donors (Lipinski definition) is 3. The van der Waals surface area contributed by atoms with Crippen molar-refractivity contribution >= 4 is 23.8 Å². The topological polar surface area (TPSA) is 96.5 Å². The summed E-state index contributed by atoms with van der Waals surface area (Å²) in [6, 6.07) is 14.1. The first kappa shape index (κ1) is 20.6. The van der Waals surface area contributed by atoms with Crippen molar-refractivity contribution in [2.75, 3.05) is 0 Å². The van der Waals surface area contributed by atoms with E-state index in [-0.39, 0.29) is 5.70 Å². The van der Waals surface area contributed by atoms with E-state index in [0.29, 0.717) is 11.3 Å². The van der Waals surface area contributed by atoms with Gasteiger partial charge in [0, 0.05) is 6.92 Å². The molecule has 28 heavy (non-hydrogen) atoms. The van der Waals surface area contributed by atoms with Gasteiger partial charge in [-0.1, -0.05) is 30.3 Å². The summed E-state index contributed by atoms with van der Waals surface area (Å²) in [6.45, 7) is 2.74. The zero-order chi connectivity index (χ0) is 20.5. The largest absolute Gasteiger partial charge is 0.481 e. The SMILES string of the molecule is CC(=O)N/C(=C\c1ccccc1)C(=O)NNC(=O)[C@H](C)Oc1ccc(F)cc1. The first-order valence-electron chi connectivity index (χ1n) is 8.42. The van der Waals surface area contributed by atoms with Crippen LogP contribution in [0, 0.1) is 5.82 Å². The molecule has 0 aliphatic rings. The Morgan fingerprint density at radius 3 is 2.25 bits per heavy atom. The van der Waals surface area contributed by atoms with E-state index in [4.69, 9.17) is 4.74 Å². The minimum atomic E-state index is -0.951. The molecule has 0 heterocycles. The maximum Gasteiger partial charge on any atom is 0.286 e. The van der Waals surface area contributed by atoms with Crippen LogP contribution in [0.5, 0.6) is 5.75 Å². The minimum Gasteiger partial charge on any atom is -0.481 e. The molecule has 0 saturated heterocycles. The molecule has 2 aromatic carbocycles. The molecule has 0 spiro atoms. The van der Waals surface area contributed by atoms with Crippen LogP contribution in [0.3, 0.4) is 0 Å². The van der Waals surface area contributed by atoms with Crippen LogP contribution in [0.2, 0.25) is 0 Å². The second-order valence-corrected chi connectivity index (χ2v) is 5.81. The molecule has 0 bridgehead atoms. The second kappa shape index (κ2) is 9.86. The van der Waals surface area contributed by atoms with Gasteiger partial charge in [0.2, 0.25) is 5.91 Å². The molecule has 0 unspecified atom stereocenters. The van der Waals surface area contributed by atoms with Gasteiger partial charge in [-0.05, 0) is 42.8 Å². The quantitative estimate of drug-likeness (QED) is 0.523. The van der Waals surface area contributed by atoms with Gasteiger partial charge in [-0.3, -0.25) is 25.2 Å². The number of benzene rings is 2. The first-order valence-corrected chi connectivity index (χ1v) is 8.42. The first-order chi connectivity index (χ1) is 13.3. The number of hydrogen-bond acceptors (Lipinski definition) is 4. The van der Waals surface area contributed by atoms with Crippen molar-refractivity contribution in [1.29, 1.82) is 0 Å². The van der Waals surface area contributed by atoms with Gasteiger partial charge in [0.05, 0.1) is 0 Å². The predicted molar refractivity (Wildman–Crippen MR) is 101 cm³/mol. The third-order valence-electron chi connectivity index (χ3n) is 3.46. The number of rotatable bonds is 6. The van der Waals surface area contributed by atoms with Crippen molar-refractivity contribution in [3.05, 3.63) is 71.7 Å². The Balaban J connectivity index is 1.96. The van der Waals surface area contributed by atoms with Crippen molar-refractivity contribution in [3.8, 4) is 5.75 Å². The Kier molecular flexibility index (Phi) is 7.27. The van der Waals surface area contributed by atoms with Crippen molar-refractivity contribution in [1.82, 2.24) is 16.2 Å². The van der Waals surface area contributed by atoms with Crippen molar-refractivity contribution < 1.29 is 23.5 Å². The lowest BCUT2D eigenvalue weighted by Gasteiger charge is -2.16. The van der Waals surface area contributed by atoms with Crippen LogP contribution in [-0.2, 0) is 14.4 Å². The van der Waals surface area contributed by atoms with Crippen LogP contribution in [0.4, 0.5) is 4.39 Å². The Hall–Kier alpha value is -3.68. The van der Waals surface area contributed by atoms with Crippen molar-refractivity contribution in [2.45, 2.75) is 20.0 Å². The van der Waals surface area contributed by atoms with Crippen LogP contribution in [0.15, 0.2) is 60.3 Å². The molecule has 0 saturated carbocycles. The average Bonchev–Trinajstić information content (AvgIpc) is 2.67. The fourth-order valence-corrected chi connectivity index (χ4v) is 2.12. The molecule has 0 radical (unpaired) electrons. The number of halogens is 1. The van der Waals surface area contributed by atoms with Gasteiger partial charge in [-0.15, -0.1) is 0 Å². The molecule has 3 amide bonds. The fourth-order valence-electron chi connectivity index (χ4n) is 2.12. The van der Waals surface area contributed by atoms with Crippen LogP contribution in [0.1, 0.15) is 19.4 Å². The lowest BCUT2D eigenvalue weighted by molar-refractivity contribution is -0.131. The van der Waals surface area contributed by atoms with Crippen molar-refractivity contribution in [2.24, 2.45) is 0 Å². The maximum atomic E-state index is 12.9. The normalized spacial score (nSPS) is 11.9. The van der Waals surface area contributed by atoms with Gasteiger partial charge in [-0.25, -0.2) is 4.39 Å². The molecular weight excluding hydrogens is 365 g/mol. The molecule has 2 rings (SSSR count). The van der Waals surface area contributed by atoms with Gasteiger partial charge in [0.1, 0.15) is 17.3 Å². The van der Waals surface area contributed by atoms with E-state index in [9.17, 15) is 18.8 Å². The highest BCUT2D eigenvalue weighted by Crippen LogP contribution is 2.13. The fraction of sp³-hybridized carbons (Fsp3) is 0.150. The van der Waals surface area contributed by atoms with Crippen LogP contribution < -0.4 is 20.9 Å². The van der Waals surface area contributed by atoms with E-state index in [1.165, 1.54) is 44.2 Å². The van der Waals surface area contributed by atoms with Gasteiger partial charge in [0.15, 0.2) is 6.10 Å². The number of amides is 3. The van der Waals surface area contributed by atoms with Crippen LogP contribution in [-0.4, -0.2) is 23.8 Å². The number of nitrogens with one attached hydrogen (secondary N) is 3. The summed E-state index contributed by atoms with van der Waals surface area (Å²) in [4.78, 5) is 35.8.